The zero-order chi connectivity index (χ0) is 16.7. The van der Waals surface area contributed by atoms with Gasteiger partial charge in [-0.3, -0.25) is 14.4 Å². The Morgan fingerprint density at radius 1 is 1.36 bits per heavy atom. The highest BCUT2D eigenvalue weighted by Gasteiger charge is 2.27. The summed E-state index contributed by atoms with van der Waals surface area (Å²) in [4.78, 5) is 35.0. The second-order valence-electron chi connectivity index (χ2n) is 4.85. The number of carbonyl (C=O) groups is 3. The summed E-state index contributed by atoms with van der Waals surface area (Å²) >= 11 is 0. The molecule has 2 amide bonds. The first-order valence-corrected chi connectivity index (χ1v) is 6.86. The van der Waals surface area contributed by atoms with Crippen LogP contribution in [-0.2, 0) is 14.3 Å². The molecule has 0 aliphatic rings. The summed E-state index contributed by atoms with van der Waals surface area (Å²) in [6.45, 7) is 3.49. The van der Waals surface area contributed by atoms with Crippen molar-refractivity contribution in [1.82, 2.24) is 5.32 Å². The third kappa shape index (κ3) is 5.16. The van der Waals surface area contributed by atoms with Crippen LogP contribution in [0.25, 0.3) is 0 Å². The van der Waals surface area contributed by atoms with Gasteiger partial charge in [-0.15, -0.1) is 0 Å². The van der Waals surface area contributed by atoms with Crippen molar-refractivity contribution < 1.29 is 23.5 Å². The number of hydrogen-bond donors (Lipinski definition) is 2. The van der Waals surface area contributed by atoms with Gasteiger partial charge >= 0.3 is 5.97 Å². The molecule has 0 saturated carbocycles. The fraction of sp³-hybridized carbons (Fsp3) is 0.400. The predicted octanol–water partition coefficient (Wildman–Crippen LogP) is 0.999. The van der Waals surface area contributed by atoms with Crippen molar-refractivity contribution in [2.75, 3.05) is 6.61 Å². The van der Waals surface area contributed by atoms with Crippen LogP contribution < -0.4 is 11.1 Å². The molecule has 7 heteroatoms. The highest BCUT2D eigenvalue weighted by molar-refractivity contribution is 5.97. The summed E-state index contributed by atoms with van der Waals surface area (Å²) in [6.07, 6.45) is -0.0646. The summed E-state index contributed by atoms with van der Waals surface area (Å²) in [7, 11) is 0. The molecule has 22 heavy (non-hydrogen) atoms. The molecular formula is C15H19FN2O4. The molecule has 0 saturated heterocycles. The van der Waals surface area contributed by atoms with Crippen molar-refractivity contribution in [2.24, 2.45) is 11.7 Å². The van der Waals surface area contributed by atoms with E-state index in [-0.39, 0.29) is 18.6 Å². The summed E-state index contributed by atoms with van der Waals surface area (Å²) in [5, 5.41) is 2.42. The molecule has 0 bridgehead atoms. The second-order valence-corrected chi connectivity index (χ2v) is 4.85. The number of ether oxygens (including phenoxy) is 1. The van der Waals surface area contributed by atoms with Crippen molar-refractivity contribution in [3.8, 4) is 0 Å². The quantitative estimate of drug-likeness (QED) is 0.734. The van der Waals surface area contributed by atoms with Crippen molar-refractivity contribution in [3.05, 3.63) is 35.6 Å². The summed E-state index contributed by atoms with van der Waals surface area (Å²) < 4.78 is 17.9. The van der Waals surface area contributed by atoms with Crippen molar-refractivity contribution in [1.29, 1.82) is 0 Å². The van der Waals surface area contributed by atoms with Gasteiger partial charge in [-0.1, -0.05) is 13.0 Å². The number of carbonyl (C=O) groups excluding carboxylic acids is 3. The number of halogens is 1. The number of nitrogens with two attached hydrogens (primary N) is 1. The highest BCUT2D eigenvalue weighted by atomic mass is 19.1. The van der Waals surface area contributed by atoms with Crippen LogP contribution in [0.5, 0.6) is 0 Å². The number of amides is 2. The molecule has 1 aromatic carbocycles. The van der Waals surface area contributed by atoms with Crippen LogP contribution >= 0.6 is 0 Å². The minimum atomic E-state index is -1.06. The number of esters is 1. The first-order valence-electron chi connectivity index (χ1n) is 6.86. The molecule has 0 fully saturated rings. The number of benzene rings is 1. The molecule has 120 valence electrons. The van der Waals surface area contributed by atoms with Gasteiger partial charge in [-0.2, -0.15) is 0 Å². The second kappa shape index (κ2) is 8.11. The topological polar surface area (TPSA) is 98.5 Å². The van der Waals surface area contributed by atoms with E-state index in [0.717, 1.165) is 6.07 Å². The molecule has 0 aliphatic carbocycles. The van der Waals surface area contributed by atoms with Crippen molar-refractivity contribution in [2.45, 2.75) is 26.3 Å². The predicted molar refractivity (Wildman–Crippen MR) is 77.3 cm³/mol. The highest BCUT2D eigenvalue weighted by Crippen LogP contribution is 2.11. The molecule has 3 N–H and O–H groups in total. The van der Waals surface area contributed by atoms with Gasteiger partial charge < -0.3 is 15.8 Å². The Hall–Kier alpha value is -2.44. The fourth-order valence-electron chi connectivity index (χ4n) is 1.95. The average molecular weight is 310 g/mol. The van der Waals surface area contributed by atoms with Crippen LogP contribution in [0.4, 0.5) is 4.39 Å². The van der Waals surface area contributed by atoms with Crippen LogP contribution in [0, 0.1) is 11.7 Å². The summed E-state index contributed by atoms with van der Waals surface area (Å²) in [5.41, 5.74) is 5.33. The zero-order valence-electron chi connectivity index (χ0n) is 12.5. The van der Waals surface area contributed by atoms with E-state index in [4.69, 9.17) is 10.5 Å². The van der Waals surface area contributed by atoms with E-state index in [9.17, 15) is 18.8 Å². The Labute approximate surface area is 127 Å². The Balaban J connectivity index is 2.77. The van der Waals surface area contributed by atoms with Crippen LogP contribution in [-0.4, -0.2) is 30.4 Å². The molecule has 1 rings (SSSR count). The van der Waals surface area contributed by atoms with Gasteiger partial charge in [0.15, 0.2) is 0 Å². The van der Waals surface area contributed by atoms with Crippen LogP contribution in [0.15, 0.2) is 24.3 Å². The summed E-state index contributed by atoms with van der Waals surface area (Å²) in [6, 6.07) is 3.98. The van der Waals surface area contributed by atoms with Crippen molar-refractivity contribution in [3.63, 3.8) is 0 Å². The maximum absolute atomic E-state index is 13.1. The lowest BCUT2D eigenvalue weighted by molar-refractivity contribution is -0.144. The normalized spacial score (nSPS) is 13.0. The van der Waals surface area contributed by atoms with Crippen LogP contribution in [0.3, 0.4) is 0 Å². The van der Waals surface area contributed by atoms with Gasteiger partial charge in [0.2, 0.25) is 5.91 Å². The fourth-order valence-corrected chi connectivity index (χ4v) is 1.95. The third-order valence-corrected chi connectivity index (χ3v) is 3.04. The van der Waals surface area contributed by atoms with Gasteiger partial charge in [0.1, 0.15) is 11.9 Å². The maximum atomic E-state index is 13.1. The minimum Gasteiger partial charge on any atom is -0.466 e. The van der Waals surface area contributed by atoms with E-state index in [1.54, 1.807) is 13.8 Å². The number of nitrogens with one attached hydrogen (secondary N) is 1. The first-order chi connectivity index (χ1) is 10.3. The summed E-state index contributed by atoms with van der Waals surface area (Å²) in [5.74, 6) is -3.02. The molecule has 0 heterocycles. The standard InChI is InChI=1S/C15H19FN2O4/c1-3-22-12(19)7-9(2)13(14(17)20)18-15(21)10-5-4-6-11(16)8-10/h4-6,8-9,13H,3,7H2,1-2H3,(H2,17,20)(H,18,21)/t9-,13+/m0/s1. The van der Waals surface area contributed by atoms with E-state index in [1.807, 2.05) is 0 Å². The van der Waals surface area contributed by atoms with E-state index in [2.05, 4.69) is 5.32 Å². The molecule has 0 aliphatic heterocycles. The lowest BCUT2D eigenvalue weighted by atomic mass is 9.97. The van der Waals surface area contributed by atoms with E-state index < -0.39 is 35.6 Å². The van der Waals surface area contributed by atoms with Gasteiger partial charge in [-0.05, 0) is 31.0 Å². The van der Waals surface area contributed by atoms with E-state index >= 15 is 0 Å². The lowest BCUT2D eigenvalue weighted by Gasteiger charge is -2.21. The maximum Gasteiger partial charge on any atom is 0.306 e. The molecule has 0 aromatic heterocycles. The number of primary amides is 1. The Kier molecular flexibility index (Phi) is 6.49. The number of hydrogen-bond acceptors (Lipinski definition) is 4. The van der Waals surface area contributed by atoms with Gasteiger partial charge in [0.05, 0.1) is 13.0 Å². The first kappa shape index (κ1) is 17.6. The Morgan fingerprint density at radius 3 is 2.59 bits per heavy atom. The molecule has 0 spiro atoms. The van der Waals surface area contributed by atoms with Crippen LogP contribution in [0.2, 0.25) is 0 Å². The van der Waals surface area contributed by atoms with Gasteiger partial charge in [0.25, 0.3) is 5.91 Å². The Morgan fingerprint density at radius 2 is 2.05 bits per heavy atom. The van der Waals surface area contributed by atoms with Crippen LogP contribution in [0.1, 0.15) is 30.6 Å². The molecule has 2 atom stereocenters. The molecule has 0 radical (unpaired) electrons. The van der Waals surface area contributed by atoms with Gasteiger partial charge in [0, 0.05) is 5.56 Å². The van der Waals surface area contributed by atoms with E-state index in [0.29, 0.717) is 0 Å². The monoisotopic (exact) mass is 310 g/mol. The van der Waals surface area contributed by atoms with Gasteiger partial charge in [-0.25, -0.2) is 4.39 Å². The lowest BCUT2D eigenvalue weighted by Crippen LogP contribution is -2.49. The average Bonchev–Trinajstić information content (AvgIpc) is 2.44. The third-order valence-electron chi connectivity index (χ3n) is 3.04. The smallest absolute Gasteiger partial charge is 0.306 e. The largest absolute Gasteiger partial charge is 0.466 e. The molecule has 0 unspecified atom stereocenters. The molecule has 6 nitrogen and oxygen atoms in total. The molecular weight excluding hydrogens is 291 g/mol. The van der Waals surface area contributed by atoms with E-state index in [1.165, 1.54) is 18.2 Å². The molecule has 1 aromatic rings. The Bertz CT molecular complexity index is 562. The number of rotatable bonds is 7. The minimum absolute atomic E-state index is 0.0644. The van der Waals surface area contributed by atoms with Crippen molar-refractivity contribution >= 4 is 17.8 Å². The SMILES string of the molecule is CCOC(=O)C[C@H](C)[C@@H](NC(=O)c1cccc(F)c1)C(N)=O. The zero-order valence-corrected chi connectivity index (χ0v) is 12.5.